The first-order valence-electron chi connectivity index (χ1n) is 9.61. The standard InChI is InChI=1S/C22H34N2O/c1-2-3-4-5-6-7-8-9-10-11-12-13-14-15-16-17-18-19-20-22(25)21-24-23/h6-7,9-10,12-13,15-16,21H,2-5,8,11,14,17-20H2,1H3/b7-6-,10-9-,13-12-,16-15-. The van der Waals surface area contributed by atoms with E-state index in [0.29, 0.717) is 6.42 Å². The molecule has 3 heteroatoms. The Balaban J connectivity index is 3.46. The third kappa shape index (κ3) is 20.0. The zero-order valence-corrected chi connectivity index (χ0v) is 15.8. The number of carbonyl (C=O) groups is 1. The Morgan fingerprint density at radius 3 is 1.72 bits per heavy atom. The molecular formula is C22H34N2O. The molecule has 3 nitrogen and oxygen atoms in total. The van der Waals surface area contributed by atoms with Crippen molar-refractivity contribution in [1.29, 1.82) is 0 Å². The second-order valence-electron chi connectivity index (χ2n) is 6.05. The SMILES string of the molecule is CCCCC/C=C\C/C=C\C/C=C\C/C=C\CCCCC(=O)C=[N+]=[N-]. The fourth-order valence-corrected chi connectivity index (χ4v) is 2.25. The molecule has 138 valence electrons. The first-order chi connectivity index (χ1) is 12.3. The van der Waals surface area contributed by atoms with E-state index in [1.165, 1.54) is 25.7 Å². The molecule has 0 aliphatic carbocycles. The average Bonchev–Trinajstić information content (AvgIpc) is 2.61. The van der Waals surface area contributed by atoms with Crippen molar-refractivity contribution in [1.82, 2.24) is 0 Å². The summed E-state index contributed by atoms with van der Waals surface area (Å²) in [5.74, 6) is -0.116. The monoisotopic (exact) mass is 342 g/mol. The van der Waals surface area contributed by atoms with Gasteiger partial charge < -0.3 is 5.53 Å². The van der Waals surface area contributed by atoms with E-state index >= 15 is 0 Å². The number of unbranched alkanes of at least 4 members (excludes halogenated alkanes) is 5. The summed E-state index contributed by atoms with van der Waals surface area (Å²) in [6.07, 6.45) is 30.0. The van der Waals surface area contributed by atoms with E-state index in [4.69, 9.17) is 5.53 Å². The van der Waals surface area contributed by atoms with Crippen molar-refractivity contribution in [3.05, 3.63) is 54.1 Å². The highest BCUT2D eigenvalue weighted by Crippen LogP contribution is 2.02. The lowest BCUT2D eigenvalue weighted by molar-refractivity contribution is -0.116. The van der Waals surface area contributed by atoms with Gasteiger partial charge in [-0.15, -0.1) is 0 Å². The number of Topliss-reactive ketones (excluding diaryl/α,β-unsaturated/α-hetero) is 1. The van der Waals surface area contributed by atoms with E-state index in [2.05, 4.69) is 60.3 Å². The summed E-state index contributed by atoms with van der Waals surface area (Å²) >= 11 is 0. The van der Waals surface area contributed by atoms with Gasteiger partial charge in [-0.05, 0) is 51.4 Å². The zero-order chi connectivity index (χ0) is 18.4. The van der Waals surface area contributed by atoms with Crippen molar-refractivity contribution in [2.45, 2.75) is 77.6 Å². The molecule has 0 aromatic carbocycles. The first-order valence-corrected chi connectivity index (χ1v) is 9.61. The molecule has 0 heterocycles. The molecule has 25 heavy (non-hydrogen) atoms. The van der Waals surface area contributed by atoms with Crippen molar-refractivity contribution >= 4 is 12.0 Å². The molecule has 0 bridgehead atoms. The molecule has 0 aliphatic rings. The van der Waals surface area contributed by atoms with Crippen LogP contribution in [-0.2, 0) is 4.79 Å². The molecule has 0 aromatic rings. The maximum Gasteiger partial charge on any atom is 0.323 e. The highest BCUT2D eigenvalue weighted by Gasteiger charge is 2.00. The molecule has 0 radical (unpaired) electrons. The van der Waals surface area contributed by atoms with Gasteiger partial charge in [-0.3, -0.25) is 4.79 Å². The van der Waals surface area contributed by atoms with Crippen LogP contribution >= 0.6 is 0 Å². The van der Waals surface area contributed by atoms with E-state index < -0.39 is 0 Å². The molecule has 0 unspecified atom stereocenters. The molecule has 0 atom stereocenters. The third-order valence-corrected chi connectivity index (χ3v) is 3.70. The molecule has 0 fully saturated rings. The summed E-state index contributed by atoms with van der Waals surface area (Å²) < 4.78 is 0. The Labute approximate surface area is 153 Å². The van der Waals surface area contributed by atoms with E-state index in [-0.39, 0.29) is 5.78 Å². The van der Waals surface area contributed by atoms with Gasteiger partial charge in [0.2, 0.25) is 5.78 Å². The Morgan fingerprint density at radius 1 is 0.760 bits per heavy atom. The van der Waals surface area contributed by atoms with Gasteiger partial charge in [-0.1, -0.05) is 68.4 Å². The minimum absolute atomic E-state index is 0.116. The lowest BCUT2D eigenvalue weighted by Gasteiger charge is -1.92. The van der Waals surface area contributed by atoms with Gasteiger partial charge in [0.15, 0.2) is 0 Å². The molecule has 0 rings (SSSR count). The van der Waals surface area contributed by atoms with Gasteiger partial charge in [0.25, 0.3) is 0 Å². The Kier molecular flexibility index (Phi) is 18.5. The highest BCUT2D eigenvalue weighted by molar-refractivity contribution is 6.25. The minimum atomic E-state index is -0.116. The van der Waals surface area contributed by atoms with Crippen LogP contribution in [0.5, 0.6) is 0 Å². The fourth-order valence-electron chi connectivity index (χ4n) is 2.25. The minimum Gasteiger partial charge on any atom is -0.361 e. The number of nitrogens with zero attached hydrogens (tertiary/aromatic N) is 2. The van der Waals surface area contributed by atoms with Crippen LogP contribution in [0.2, 0.25) is 0 Å². The molecule has 0 saturated heterocycles. The van der Waals surface area contributed by atoms with Crippen LogP contribution < -0.4 is 0 Å². The van der Waals surface area contributed by atoms with Crippen LogP contribution in [0.25, 0.3) is 5.53 Å². The summed E-state index contributed by atoms with van der Waals surface area (Å²) in [5, 5.41) is 0. The predicted octanol–water partition coefficient (Wildman–Crippen LogP) is 6.39. The van der Waals surface area contributed by atoms with Gasteiger partial charge in [0, 0.05) is 6.42 Å². The highest BCUT2D eigenvalue weighted by atomic mass is 16.1. The summed E-state index contributed by atoms with van der Waals surface area (Å²) in [6.45, 7) is 2.23. The van der Waals surface area contributed by atoms with Crippen LogP contribution in [0.4, 0.5) is 0 Å². The van der Waals surface area contributed by atoms with Crippen LogP contribution in [0.1, 0.15) is 77.6 Å². The number of allylic oxidation sites excluding steroid dienone is 8. The number of carbonyl (C=O) groups excluding carboxylic acids is 1. The molecule has 0 aromatic heterocycles. The van der Waals surface area contributed by atoms with Crippen molar-refractivity contribution in [3.8, 4) is 0 Å². The molecule has 0 amide bonds. The number of hydrogen-bond acceptors (Lipinski definition) is 1. The lowest BCUT2D eigenvalue weighted by atomic mass is 10.1. The molecule has 0 saturated carbocycles. The van der Waals surface area contributed by atoms with Crippen LogP contribution in [0.15, 0.2) is 48.6 Å². The van der Waals surface area contributed by atoms with Crippen molar-refractivity contribution < 1.29 is 9.58 Å². The van der Waals surface area contributed by atoms with Gasteiger partial charge >= 0.3 is 6.21 Å². The van der Waals surface area contributed by atoms with E-state index in [9.17, 15) is 4.79 Å². The Morgan fingerprint density at radius 2 is 1.24 bits per heavy atom. The smallest absolute Gasteiger partial charge is 0.323 e. The average molecular weight is 343 g/mol. The number of ketones is 1. The first kappa shape index (κ1) is 23.0. The summed E-state index contributed by atoms with van der Waals surface area (Å²) in [5.41, 5.74) is 8.21. The van der Waals surface area contributed by atoms with E-state index in [1.807, 2.05) is 0 Å². The number of hydrogen-bond donors (Lipinski definition) is 0. The fraction of sp³-hybridized carbons (Fsp3) is 0.545. The predicted molar refractivity (Wildman–Crippen MR) is 108 cm³/mol. The van der Waals surface area contributed by atoms with Crippen molar-refractivity contribution in [2.75, 3.05) is 0 Å². The van der Waals surface area contributed by atoms with Crippen molar-refractivity contribution in [2.24, 2.45) is 0 Å². The molecular weight excluding hydrogens is 308 g/mol. The van der Waals surface area contributed by atoms with Gasteiger partial charge in [0.05, 0.1) is 0 Å². The van der Waals surface area contributed by atoms with Gasteiger partial charge in [-0.2, -0.15) is 4.79 Å². The largest absolute Gasteiger partial charge is 0.361 e. The Hall–Kier alpha value is -1.99. The molecule has 0 N–H and O–H groups in total. The van der Waals surface area contributed by atoms with E-state index in [0.717, 1.165) is 44.7 Å². The van der Waals surface area contributed by atoms with Crippen LogP contribution in [0.3, 0.4) is 0 Å². The topological polar surface area (TPSA) is 53.5 Å². The van der Waals surface area contributed by atoms with Crippen molar-refractivity contribution in [3.63, 3.8) is 0 Å². The quantitative estimate of drug-likeness (QED) is 0.105. The number of rotatable bonds is 16. The normalized spacial score (nSPS) is 11.9. The second-order valence-corrected chi connectivity index (χ2v) is 6.05. The van der Waals surface area contributed by atoms with Crippen LogP contribution in [-0.4, -0.2) is 16.8 Å². The zero-order valence-electron chi connectivity index (χ0n) is 15.8. The second kappa shape index (κ2) is 20.1. The van der Waals surface area contributed by atoms with Crippen LogP contribution in [0, 0.1) is 0 Å². The lowest BCUT2D eigenvalue weighted by Crippen LogP contribution is -1.98. The van der Waals surface area contributed by atoms with E-state index in [1.54, 1.807) is 0 Å². The van der Waals surface area contributed by atoms with Gasteiger partial charge in [0.1, 0.15) is 0 Å². The Bertz CT molecular complexity index is 480. The van der Waals surface area contributed by atoms with Gasteiger partial charge in [-0.25, -0.2) is 0 Å². The maximum atomic E-state index is 11.1. The molecule has 0 spiro atoms. The summed E-state index contributed by atoms with van der Waals surface area (Å²) in [6, 6.07) is 0. The summed E-state index contributed by atoms with van der Waals surface area (Å²) in [4.78, 5) is 13.8. The molecule has 0 aliphatic heterocycles. The third-order valence-electron chi connectivity index (χ3n) is 3.70. The summed E-state index contributed by atoms with van der Waals surface area (Å²) in [7, 11) is 0. The maximum absolute atomic E-state index is 11.1.